The van der Waals surface area contributed by atoms with Crippen LogP contribution in [-0.2, 0) is 6.42 Å². The van der Waals surface area contributed by atoms with E-state index in [0.717, 1.165) is 17.3 Å². The maximum Gasteiger partial charge on any atom is 0.142 e. The summed E-state index contributed by atoms with van der Waals surface area (Å²) in [4.78, 5) is 0. The van der Waals surface area contributed by atoms with Crippen molar-refractivity contribution in [3.8, 4) is 0 Å². The fourth-order valence-corrected chi connectivity index (χ4v) is 1.78. The summed E-state index contributed by atoms with van der Waals surface area (Å²) < 4.78 is 13.1. The zero-order valence-corrected chi connectivity index (χ0v) is 10.9. The van der Waals surface area contributed by atoms with Crippen LogP contribution in [0.15, 0.2) is 29.8 Å². The molecule has 0 saturated heterocycles. The number of hydrogen-bond donors (Lipinski definition) is 0. The number of hydrogen-bond acceptors (Lipinski definition) is 0. The van der Waals surface area contributed by atoms with E-state index < -0.39 is 0 Å². The number of allylic oxidation sites excluding steroid dienone is 2. The molecule has 0 amide bonds. The zero-order chi connectivity index (χ0) is 11.3. The Morgan fingerprint density at radius 2 is 2.27 bits per heavy atom. The molecule has 0 radical (unpaired) electrons. The minimum Gasteiger partial charge on any atom is -0.205 e. The van der Waals surface area contributed by atoms with E-state index in [0.29, 0.717) is 6.42 Å². The summed E-state index contributed by atoms with van der Waals surface area (Å²) in [7, 11) is 0. The zero-order valence-electron chi connectivity index (χ0n) is 8.56. The molecule has 3 heteroatoms. The summed E-state index contributed by atoms with van der Waals surface area (Å²) in [6.45, 7) is 2.03. The largest absolute Gasteiger partial charge is 0.205 e. The maximum absolute atomic E-state index is 13.1. The van der Waals surface area contributed by atoms with Crippen LogP contribution in [0.25, 0.3) is 0 Å². The molecule has 0 saturated carbocycles. The summed E-state index contributed by atoms with van der Waals surface area (Å²) in [5.41, 5.74) is 2.06. The Morgan fingerprint density at radius 3 is 2.93 bits per heavy atom. The van der Waals surface area contributed by atoms with Crippen LogP contribution in [0.1, 0.15) is 18.9 Å². The molecule has 0 atom stereocenters. The summed E-state index contributed by atoms with van der Waals surface area (Å²) >= 11 is 9.22. The third kappa shape index (κ3) is 3.96. The van der Waals surface area contributed by atoms with E-state index in [1.165, 1.54) is 11.6 Å². The van der Waals surface area contributed by atoms with Crippen molar-refractivity contribution < 1.29 is 4.39 Å². The smallest absolute Gasteiger partial charge is 0.142 e. The topological polar surface area (TPSA) is 0 Å². The molecule has 82 valence electrons. The summed E-state index contributed by atoms with van der Waals surface area (Å²) in [5.74, 6) is -0.345. The van der Waals surface area contributed by atoms with Crippen molar-refractivity contribution >= 4 is 27.5 Å². The number of rotatable bonds is 4. The lowest BCUT2D eigenvalue weighted by atomic mass is 10.1. The van der Waals surface area contributed by atoms with Crippen molar-refractivity contribution in [2.24, 2.45) is 0 Å². The van der Waals surface area contributed by atoms with Gasteiger partial charge in [-0.15, -0.1) is 0 Å². The van der Waals surface area contributed by atoms with Gasteiger partial charge in [-0.25, -0.2) is 4.39 Å². The van der Waals surface area contributed by atoms with E-state index in [1.54, 1.807) is 6.07 Å². The van der Waals surface area contributed by atoms with E-state index >= 15 is 0 Å². The van der Waals surface area contributed by atoms with E-state index in [4.69, 9.17) is 11.6 Å². The molecule has 0 nitrogen and oxygen atoms in total. The Kier molecular flexibility index (Phi) is 5.34. The van der Waals surface area contributed by atoms with Gasteiger partial charge < -0.3 is 0 Å². The Morgan fingerprint density at radius 1 is 1.53 bits per heavy atom. The van der Waals surface area contributed by atoms with Gasteiger partial charge in [-0.2, -0.15) is 0 Å². The van der Waals surface area contributed by atoms with E-state index in [2.05, 4.69) is 22.0 Å². The maximum atomic E-state index is 13.1. The minimum absolute atomic E-state index is 0.240. The third-order valence-electron chi connectivity index (χ3n) is 2.10. The highest BCUT2D eigenvalue weighted by atomic mass is 79.9. The molecule has 0 fully saturated rings. The second-order valence-electron chi connectivity index (χ2n) is 3.42. The lowest BCUT2D eigenvalue weighted by molar-refractivity contribution is 0.626. The van der Waals surface area contributed by atoms with E-state index in [9.17, 15) is 4.39 Å². The lowest BCUT2D eigenvalue weighted by Crippen LogP contribution is -1.91. The molecule has 0 bridgehead atoms. The SMILES string of the molecule is C/C(=C/CCBr)Cc1cccc(F)c1Cl. The fourth-order valence-electron chi connectivity index (χ4n) is 1.36. The van der Waals surface area contributed by atoms with Crippen molar-refractivity contribution in [1.82, 2.24) is 0 Å². The van der Waals surface area contributed by atoms with Crippen LogP contribution in [-0.4, -0.2) is 5.33 Å². The Labute approximate surface area is 103 Å². The molecule has 0 heterocycles. The molecule has 1 aromatic carbocycles. The Balaban J connectivity index is 2.76. The third-order valence-corrected chi connectivity index (χ3v) is 2.98. The molecule has 0 N–H and O–H groups in total. The predicted octanol–water partition coefficient (Wildman–Crippen LogP) is 4.75. The summed E-state index contributed by atoms with van der Waals surface area (Å²) in [6, 6.07) is 4.93. The van der Waals surface area contributed by atoms with E-state index in [-0.39, 0.29) is 10.8 Å². The monoisotopic (exact) mass is 290 g/mol. The molecule has 1 aromatic rings. The lowest BCUT2D eigenvalue weighted by Gasteiger charge is -2.05. The van der Waals surface area contributed by atoms with Crippen LogP contribution in [0, 0.1) is 5.82 Å². The Hall–Kier alpha value is -0.340. The van der Waals surface area contributed by atoms with Crippen LogP contribution < -0.4 is 0 Å². The first kappa shape index (κ1) is 12.7. The van der Waals surface area contributed by atoms with Crippen molar-refractivity contribution in [2.75, 3.05) is 5.33 Å². The standard InChI is InChI=1S/C12H13BrClF/c1-9(4-3-7-13)8-10-5-2-6-11(15)12(10)14/h2,4-6H,3,7-8H2,1H3/b9-4-. The highest BCUT2D eigenvalue weighted by molar-refractivity contribution is 9.09. The second-order valence-corrected chi connectivity index (χ2v) is 4.59. The molecule has 15 heavy (non-hydrogen) atoms. The van der Waals surface area contributed by atoms with Gasteiger partial charge in [0.15, 0.2) is 0 Å². The fraction of sp³-hybridized carbons (Fsp3) is 0.333. The van der Waals surface area contributed by atoms with Gasteiger partial charge in [0.05, 0.1) is 5.02 Å². The van der Waals surface area contributed by atoms with Crippen LogP contribution in [0.2, 0.25) is 5.02 Å². The van der Waals surface area contributed by atoms with Crippen LogP contribution >= 0.6 is 27.5 Å². The average Bonchev–Trinajstić information content (AvgIpc) is 2.22. The number of alkyl halides is 1. The highest BCUT2D eigenvalue weighted by Gasteiger charge is 2.05. The molecule has 1 rings (SSSR count). The van der Waals surface area contributed by atoms with E-state index in [1.807, 2.05) is 13.0 Å². The Bertz CT molecular complexity index is 361. The number of halogens is 3. The normalized spacial score (nSPS) is 11.9. The molecule has 0 unspecified atom stereocenters. The highest BCUT2D eigenvalue weighted by Crippen LogP contribution is 2.22. The van der Waals surface area contributed by atoms with Crippen LogP contribution in [0.3, 0.4) is 0 Å². The van der Waals surface area contributed by atoms with Gasteiger partial charge in [0.25, 0.3) is 0 Å². The van der Waals surface area contributed by atoms with Crippen molar-refractivity contribution in [2.45, 2.75) is 19.8 Å². The van der Waals surface area contributed by atoms with Gasteiger partial charge in [0, 0.05) is 5.33 Å². The summed E-state index contributed by atoms with van der Waals surface area (Å²) in [6.07, 6.45) is 3.83. The van der Waals surface area contributed by atoms with Crippen molar-refractivity contribution in [3.05, 3.63) is 46.3 Å². The van der Waals surface area contributed by atoms with Gasteiger partial charge >= 0.3 is 0 Å². The first-order valence-electron chi connectivity index (χ1n) is 4.79. The van der Waals surface area contributed by atoms with Gasteiger partial charge in [-0.1, -0.05) is 51.3 Å². The van der Waals surface area contributed by atoms with Crippen molar-refractivity contribution in [3.63, 3.8) is 0 Å². The quantitative estimate of drug-likeness (QED) is 0.554. The average molecular weight is 292 g/mol. The summed E-state index contributed by atoms with van der Waals surface area (Å²) in [5, 5.41) is 1.19. The van der Waals surface area contributed by atoms with Gasteiger partial charge in [-0.05, 0) is 31.4 Å². The molecule has 0 spiro atoms. The number of benzene rings is 1. The molecule has 0 aliphatic rings. The van der Waals surface area contributed by atoms with Gasteiger partial charge in [0.1, 0.15) is 5.82 Å². The molecular formula is C12H13BrClF. The van der Waals surface area contributed by atoms with Gasteiger partial charge in [0.2, 0.25) is 0 Å². The minimum atomic E-state index is -0.345. The van der Waals surface area contributed by atoms with Crippen molar-refractivity contribution in [1.29, 1.82) is 0 Å². The molecule has 0 aliphatic heterocycles. The van der Waals surface area contributed by atoms with Gasteiger partial charge in [-0.3, -0.25) is 0 Å². The molecule has 0 aromatic heterocycles. The molecule has 0 aliphatic carbocycles. The second kappa shape index (κ2) is 6.29. The predicted molar refractivity (Wildman–Crippen MR) is 67.3 cm³/mol. The van der Waals surface area contributed by atoms with Crippen LogP contribution in [0.4, 0.5) is 4.39 Å². The molecular weight excluding hydrogens is 278 g/mol. The van der Waals surface area contributed by atoms with Crippen LogP contribution in [0.5, 0.6) is 0 Å². The first-order valence-corrected chi connectivity index (χ1v) is 6.29. The first-order chi connectivity index (χ1) is 7.15.